The number of ether oxygens (including phenoxy) is 4. The molecule has 1 aliphatic rings. The fraction of sp³-hybridized carbons (Fsp3) is 0.143. The summed E-state index contributed by atoms with van der Waals surface area (Å²) in [6, 6.07) is 14.9. The van der Waals surface area contributed by atoms with Gasteiger partial charge in [0.15, 0.2) is 11.5 Å². The van der Waals surface area contributed by atoms with Crippen LogP contribution in [0, 0.1) is 0 Å². The molecule has 142 valence electrons. The highest BCUT2D eigenvalue weighted by Crippen LogP contribution is 2.41. The molecule has 7 heteroatoms. The van der Waals surface area contributed by atoms with Crippen molar-refractivity contribution >= 4 is 22.9 Å². The molecule has 28 heavy (non-hydrogen) atoms. The number of hydrogen-bond acceptors (Lipinski definition) is 6. The van der Waals surface area contributed by atoms with E-state index in [1.165, 1.54) is 13.3 Å². The smallest absolute Gasteiger partial charge is 0.275 e. The SMILES string of the molecule is COc1cc2ccccc2cc1C(=O)NN=Cc1cc(OC)c2c(c1)OCO2. The van der Waals surface area contributed by atoms with E-state index in [1.54, 1.807) is 25.3 Å². The Balaban J connectivity index is 1.55. The molecule has 3 aromatic carbocycles. The number of benzene rings is 3. The van der Waals surface area contributed by atoms with Crippen molar-refractivity contribution in [2.75, 3.05) is 21.0 Å². The first-order valence-corrected chi connectivity index (χ1v) is 8.57. The number of hydrazone groups is 1. The first-order valence-electron chi connectivity index (χ1n) is 8.57. The molecule has 4 rings (SSSR count). The molecule has 0 spiro atoms. The second-order valence-corrected chi connectivity index (χ2v) is 6.06. The monoisotopic (exact) mass is 378 g/mol. The Morgan fingerprint density at radius 1 is 1.04 bits per heavy atom. The van der Waals surface area contributed by atoms with E-state index in [0.717, 1.165) is 10.8 Å². The Hall–Kier alpha value is -3.74. The second-order valence-electron chi connectivity index (χ2n) is 6.06. The number of carbonyl (C=O) groups is 1. The summed E-state index contributed by atoms with van der Waals surface area (Å²) < 4.78 is 21.4. The second kappa shape index (κ2) is 7.48. The van der Waals surface area contributed by atoms with Crippen LogP contribution >= 0.6 is 0 Å². The Morgan fingerprint density at radius 2 is 1.79 bits per heavy atom. The van der Waals surface area contributed by atoms with Gasteiger partial charge in [0.2, 0.25) is 12.5 Å². The number of nitrogens with one attached hydrogen (secondary N) is 1. The van der Waals surface area contributed by atoms with Crippen LogP contribution in [-0.4, -0.2) is 33.1 Å². The summed E-state index contributed by atoms with van der Waals surface area (Å²) in [6.07, 6.45) is 1.51. The minimum absolute atomic E-state index is 0.144. The van der Waals surface area contributed by atoms with Gasteiger partial charge in [0.05, 0.1) is 26.0 Å². The number of nitrogens with zero attached hydrogens (tertiary/aromatic N) is 1. The third kappa shape index (κ3) is 3.29. The van der Waals surface area contributed by atoms with Gasteiger partial charge in [-0.25, -0.2) is 5.43 Å². The Bertz CT molecular complexity index is 1080. The van der Waals surface area contributed by atoms with Crippen LogP contribution in [0.5, 0.6) is 23.0 Å². The van der Waals surface area contributed by atoms with Crippen LogP contribution in [-0.2, 0) is 0 Å². The molecule has 0 aromatic heterocycles. The Morgan fingerprint density at radius 3 is 2.54 bits per heavy atom. The van der Waals surface area contributed by atoms with Crippen molar-refractivity contribution in [3.63, 3.8) is 0 Å². The minimum Gasteiger partial charge on any atom is -0.496 e. The molecule has 1 heterocycles. The molecule has 1 aliphatic heterocycles. The lowest BCUT2D eigenvalue weighted by atomic mass is 10.1. The molecule has 1 amide bonds. The number of carbonyl (C=O) groups excluding carboxylic acids is 1. The summed E-state index contributed by atoms with van der Waals surface area (Å²) in [4.78, 5) is 12.6. The van der Waals surface area contributed by atoms with E-state index in [9.17, 15) is 4.79 Å². The Labute approximate surface area is 161 Å². The van der Waals surface area contributed by atoms with E-state index >= 15 is 0 Å². The van der Waals surface area contributed by atoms with Crippen molar-refractivity contribution in [3.8, 4) is 23.0 Å². The zero-order valence-electron chi connectivity index (χ0n) is 15.4. The molecule has 0 bridgehead atoms. The highest BCUT2D eigenvalue weighted by molar-refractivity contribution is 6.02. The first kappa shape index (κ1) is 17.7. The van der Waals surface area contributed by atoms with Gasteiger partial charge in [-0.3, -0.25) is 4.79 Å². The zero-order chi connectivity index (χ0) is 19.5. The fourth-order valence-corrected chi connectivity index (χ4v) is 3.02. The quantitative estimate of drug-likeness (QED) is 0.544. The number of hydrogen-bond donors (Lipinski definition) is 1. The minimum atomic E-state index is -0.369. The first-order chi connectivity index (χ1) is 13.7. The number of methoxy groups -OCH3 is 2. The maximum absolute atomic E-state index is 12.6. The largest absolute Gasteiger partial charge is 0.496 e. The fourth-order valence-electron chi connectivity index (χ4n) is 3.02. The predicted octanol–water partition coefficient (Wildman–Crippen LogP) is 3.35. The van der Waals surface area contributed by atoms with Gasteiger partial charge in [-0.1, -0.05) is 24.3 Å². The molecule has 0 aliphatic carbocycles. The summed E-state index contributed by atoms with van der Waals surface area (Å²) in [6.45, 7) is 0.144. The summed E-state index contributed by atoms with van der Waals surface area (Å²) in [7, 11) is 3.08. The van der Waals surface area contributed by atoms with Crippen LogP contribution in [0.4, 0.5) is 0 Å². The van der Waals surface area contributed by atoms with Crippen LogP contribution in [0.1, 0.15) is 15.9 Å². The van der Waals surface area contributed by atoms with Gasteiger partial charge >= 0.3 is 0 Å². The van der Waals surface area contributed by atoms with Gasteiger partial charge in [-0.2, -0.15) is 5.10 Å². The van der Waals surface area contributed by atoms with Gasteiger partial charge in [-0.05, 0) is 35.0 Å². The van der Waals surface area contributed by atoms with E-state index in [-0.39, 0.29) is 12.7 Å². The van der Waals surface area contributed by atoms with Crippen molar-refractivity contribution in [3.05, 3.63) is 59.7 Å². The highest BCUT2D eigenvalue weighted by atomic mass is 16.7. The van der Waals surface area contributed by atoms with Crippen molar-refractivity contribution in [2.45, 2.75) is 0 Å². The van der Waals surface area contributed by atoms with Crippen LogP contribution < -0.4 is 24.4 Å². The van der Waals surface area contributed by atoms with E-state index in [0.29, 0.717) is 34.1 Å². The highest BCUT2D eigenvalue weighted by Gasteiger charge is 2.19. The molecule has 0 saturated heterocycles. The lowest BCUT2D eigenvalue weighted by Crippen LogP contribution is -2.18. The molecule has 7 nitrogen and oxygen atoms in total. The van der Waals surface area contributed by atoms with Crippen LogP contribution in [0.15, 0.2) is 53.6 Å². The molecule has 3 aromatic rings. The van der Waals surface area contributed by atoms with Crippen LogP contribution in [0.3, 0.4) is 0 Å². The van der Waals surface area contributed by atoms with Gasteiger partial charge < -0.3 is 18.9 Å². The number of amides is 1. The molecule has 0 fully saturated rings. The van der Waals surface area contributed by atoms with Crippen LogP contribution in [0.2, 0.25) is 0 Å². The van der Waals surface area contributed by atoms with E-state index in [2.05, 4.69) is 10.5 Å². The summed E-state index contributed by atoms with van der Waals surface area (Å²) in [5.74, 6) is 1.79. The van der Waals surface area contributed by atoms with Gasteiger partial charge in [0.1, 0.15) is 5.75 Å². The summed E-state index contributed by atoms with van der Waals surface area (Å²) in [5.41, 5.74) is 3.63. The summed E-state index contributed by atoms with van der Waals surface area (Å²) in [5, 5.41) is 5.98. The maximum Gasteiger partial charge on any atom is 0.275 e. The summed E-state index contributed by atoms with van der Waals surface area (Å²) >= 11 is 0. The van der Waals surface area contributed by atoms with Crippen LogP contribution in [0.25, 0.3) is 10.8 Å². The third-order valence-electron chi connectivity index (χ3n) is 4.37. The predicted molar refractivity (Wildman–Crippen MR) is 105 cm³/mol. The average molecular weight is 378 g/mol. The topological polar surface area (TPSA) is 78.4 Å². The molecule has 1 N–H and O–H groups in total. The standard InChI is InChI=1S/C21H18N2O5/c1-25-17-10-15-6-4-3-5-14(15)9-16(17)21(24)23-22-11-13-7-18(26-2)20-19(8-13)27-12-28-20/h3-11H,12H2,1-2H3,(H,23,24). The van der Waals surface area contributed by atoms with Crippen molar-refractivity contribution in [1.29, 1.82) is 0 Å². The van der Waals surface area contributed by atoms with Gasteiger partial charge in [0.25, 0.3) is 5.91 Å². The van der Waals surface area contributed by atoms with Gasteiger partial charge in [-0.15, -0.1) is 0 Å². The molecule has 0 unspecified atom stereocenters. The normalized spacial score (nSPS) is 12.4. The molecule has 0 atom stereocenters. The lowest BCUT2D eigenvalue weighted by Gasteiger charge is -2.09. The van der Waals surface area contributed by atoms with E-state index in [1.807, 2.05) is 30.3 Å². The Kier molecular flexibility index (Phi) is 4.72. The molecule has 0 radical (unpaired) electrons. The van der Waals surface area contributed by atoms with Crippen molar-refractivity contribution < 1.29 is 23.7 Å². The van der Waals surface area contributed by atoms with E-state index < -0.39 is 0 Å². The number of fused-ring (bicyclic) bond motifs is 2. The number of rotatable bonds is 5. The molecule has 0 saturated carbocycles. The van der Waals surface area contributed by atoms with Gasteiger partial charge in [0, 0.05) is 5.56 Å². The lowest BCUT2D eigenvalue weighted by molar-refractivity contribution is 0.0952. The average Bonchev–Trinajstić information content (AvgIpc) is 3.20. The molecular weight excluding hydrogens is 360 g/mol. The zero-order valence-corrected chi connectivity index (χ0v) is 15.4. The van der Waals surface area contributed by atoms with E-state index in [4.69, 9.17) is 18.9 Å². The van der Waals surface area contributed by atoms with Crippen molar-refractivity contribution in [1.82, 2.24) is 5.43 Å². The molecular formula is C21H18N2O5. The van der Waals surface area contributed by atoms with Crippen molar-refractivity contribution in [2.24, 2.45) is 5.10 Å². The third-order valence-corrected chi connectivity index (χ3v) is 4.37. The maximum atomic E-state index is 12.6.